The summed E-state index contributed by atoms with van der Waals surface area (Å²) in [6.45, 7) is 2.74. The SMILES string of the molecule is CCO[C@H]1CC[C@H](n2cc([N+](=O)[O-])c(Br)n2)CC1. The van der Waals surface area contributed by atoms with Crippen LogP contribution in [0.25, 0.3) is 0 Å². The van der Waals surface area contributed by atoms with Crippen LogP contribution < -0.4 is 0 Å². The van der Waals surface area contributed by atoms with Gasteiger partial charge in [0.05, 0.1) is 17.1 Å². The maximum atomic E-state index is 10.8. The average molecular weight is 318 g/mol. The van der Waals surface area contributed by atoms with Crippen molar-refractivity contribution in [2.24, 2.45) is 0 Å². The first-order valence-corrected chi connectivity index (χ1v) is 6.91. The fraction of sp³-hybridized carbons (Fsp3) is 0.727. The van der Waals surface area contributed by atoms with Crippen molar-refractivity contribution in [2.45, 2.75) is 44.8 Å². The van der Waals surface area contributed by atoms with Gasteiger partial charge in [-0.15, -0.1) is 0 Å². The predicted molar refractivity (Wildman–Crippen MR) is 69.5 cm³/mol. The highest BCUT2D eigenvalue weighted by Crippen LogP contribution is 2.32. The summed E-state index contributed by atoms with van der Waals surface area (Å²) in [5.41, 5.74) is 0.0296. The van der Waals surface area contributed by atoms with Crippen LogP contribution in [-0.4, -0.2) is 27.4 Å². The second-order valence-corrected chi connectivity index (χ2v) is 5.18. The first-order valence-electron chi connectivity index (χ1n) is 6.12. The maximum Gasteiger partial charge on any atom is 0.321 e. The first kappa shape index (κ1) is 13.5. The van der Waals surface area contributed by atoms with E-state index in [4.69, 9.17) is 4.74 Å². The van der Waals surface area contributed by atoms with Gasteiger partial charge in [0, 0.05) is 6.61 Å². The van der Waals surface area contributed by atoms with Crippen LogP contribution in [0.4, 0.5) is 5.69 Å². The molecule has 1 aromatic heterocycles. The Morgan fingerprint density at radius 1 is 1.56 bits per heavy atom. The molecule has 0 radical (unpaired) electrons. The summed E-state index contributed by atoms with van der Waals surface area (Å²) in [5, 5.41) is 14.9. The lowest BCUT2D eigenvalue weighted by molar-refractivity contribution is -0.385. The van der Waals surface area contributed by atoms with Gasteiger partial charge in [0.15, 0.2) is 0 Å². The first-order chi connectivity index (χ1) is 8.61. The minimum Gasteiger partial charge on any atom is -0.379 e. The van der Waals surface area contributed by atoms with Crippen LogP contribution in [0.1, 0.15) is 38.6 Å². The topological polar surface area (TPSA) is 70.2 Å². The summed E-state index contributed by atoms with van der Waals surface area (Å²) in [4.78, 5) is 10.3. The molecule has 1 saturated carbocycles. The molecule has 0 unspecified atom stereocenters. The van der Waals surface area contributed by atoms with Gasteiger partial charge in [-0.25, -0.2) is 0 Å². The molecule has 1 aliphatic rings. The Morgan fingerprint density at radius 3 is 2.72 bits per heavy atom. The molecular weight excluding hydrogens is 302 g/mol. The standard InChI is InChI=1S/C11H16BrN3O3/c1-2-18-9-5-3-8(4-6-9)14-7-10(15(16)17)11(12)13-14/h7-9H,2-6H2,1H3/t8-,9-. The van der Waals surface area contributed by atoms with Gasteiger partial charge >= 0.3 is 5.69 Å². The Morgan fingerprint density at radius 2 is 2.22 bits per heavy atom. The monoisotopic (exact) mass is 317 g/mol. The van der Waals surface area contributed by atoms with Crippen molar-refractivity contribution in [1.29, 1.82) is 0 Å². The van der Waals surface area contributed by atoms with Gasteiger partial charge in [-0.1, -0.05) is 0 Å². The maximum absolute atomic E-state index is 10.8. The molecule has 0 spiro atoms. The predicted octanol–water partition coefficient (Wildman–Crippen LogP) is 3.07. The molecule has 0 aromatic carbocycles. The summed E-state index contributed by atoms with van der Waals surface area (Å²) < 4.78 is 7.60. The zero-order valence-electron chi connectivity index (χ0n) is 10.2. The Bertz CT molecular complexity index is 427. The Kier molecular flexibility index (Phi) is 4.34. The number of rotatable bonds is 4. The molecule has 0 aliphatic heterocycles. The molecule has 100 valence electrons. The summed E-state index contributed by atoms with van der Waals surface area (Å²) in [5.74, 6) is 0. The molecule has 1 aliphatic carbocycles. The summed E-state index contributed by atoms with van der Waals surface area (Å²) >= 11 is 3.12. The summed E-state index contributed by atoms with van der Waals surface area (Å²) in [6, 6.07) is 0.242. The Balaban J connectivity index is 2.01. The van der Waals surface area contributed by atoms with E-state index in [-0.39, 0.29) is 11.7 Å². The van der Waals surface area contributed by atoms with Gasteiger partial charge in [0.25, 0.3) is 0 Å². The van der Waals surface area contributed by atoms with Crippen molar-refractivity contribution in [3.05, 3.63) is 20.9 Å². The van der Waals surface area contributed by atoms with E-state index in [1.807, 2.05) is 6.92 Å². The molecule has 6 nitrogen and oxygen atoms in total. The van der Waals surface area contributed by atoms with Gasteiger partial charge < -0.3 is 4.74 Å². The van der Waals surface area contributed by atoms with E-state index in [1.54, 1.807) is 4.68 Å². The van der Waals surface area contributed by atoms with Gasteiger partial charge in [-0.05, 0) is 48.5 Å². The van der Waals surface area contributed by atoms with Crippen LogP contribution in [-0.2, 0) is 4.74 Å². The highest BCUT2D eigenvalue weighted by atomic mass is 79.9. The molecular formula is C11H16BrN3O3. The van der Waals surface area contributed by atoms with Gasteiger partial charge in [0.2, 0.25) is 4.60 Å². The van der Waals surface area contributed by atoms with E-state index in [9.17, 15) is 10.1 Å². The lowest BCUT2D eigenvalue weighted by Gasteiger charge is -2.28. The molecule has 1 aromatic rings. The lowest BCUT2D eigenvalue weighted by Crippen LogP contribution is -2.23. The smallest absolute Gasteiger partial charge is 0.321 e. The highest BCUT2D eigenvalue weighted by Gasteiger charge is 2.26. The molecule has 18 heavy (non-hydrogen) atoms. The number of nitrogens with zero attached hydrogens (tertiary/aromatic N) is 3. The molecule has 0 saturated heterocycles. The van der Waals surface area contributed by atoms with Crippen LogP contribution in [0.3, 0.4) is 0 Å². The van der Waals surface area contributed by atoms with Crippen LogP contribution in [0.5, 0.6) is 0 Å². The molecule has 1 heterocycles. The summed E-state index contributed by atoms with van der Waals surface area (Å²) in [7, 11) is 0. The van der Waals surface area contributed by atoms with Crippen molar-refractivity contribution < 1.29 is 9.66 Å². The number of ether oxygens (including phenoxy) is 1. The van der Waals surface area contributed by atoms with Crippen molar-refractivity contribution in [1.82, 2.24) is 9.78 Å². The highest BCUT2D eigenvalue weighted by molar-refractivity contribution is 9.10. The Hall–Kier alpha value is -0.950. The Labute approximate surface area is 114 Å². The quantitative estimate of drug-likeness (QED) is 0.632. The number of aromatic nitrogens is 2. The fourth-order valence-electron chi connectivity index (χ4n) is 2.38. The van der Waals surface area contributed by atoms with Crippen LogP contribution >= 0.6 is 15.9 Å². The number of halogens is 1. The van der Waals surface area contributed by atoms with Gasteiger partial charge in [-0.3, -0.25) is 14.8 Å². The molecule has 0 bridgehead atoms. The third-order valence-electron chi connectivity index (χ3n) is 3.29. The van der Waals surface area contributed by atoms with E-state index < -0.39 is 4.92 Å². The minimum absolute atomic E-state index is 0.0296. The van der Waals surface area contributed by atoms with Crippen LogP contribution in [0, 0.1) is 10.1 Å². The lowest BCUT2D eigenvalue weighted by atomic mass is 9.93. The number of hydrogen-bond acceptors (Lipinski definition) is 4. The van der Waals surface area contributed by atoms with Crippen molar-refractivity contribution in [2.75, 3.05) is 6.61 Å². The van der Waals surface area contributed by atoms with E-state index >= 15 is 0 Å². The van der Waals surface area contributed by atoms with Crippen molar-refractivity contribution in [3.63, 3.8) is 0 Å². The molecule has 1 fully saturated rings. The normalized spacial score (nSPS) is 24.1. The molecule has 0 N–H and O–H groups in total. The minimum atomic E-state index is -0.417. The van der Waals surface area contributed by atoms with Gasteiger partial charge in [0.1, 0.15) is 6.20 Å². The second kappa shape index (κ2) is 5.79. The van der Waals surface area contributed by atoms with Crippen LogP contribution in [0.15, 0.2) is 10.8 Å². The second-order valence-electron chi connectivity index (χ2n) is 4.43. The zero-order valence-corrected chi connectivity index (χ0v) is 11.8. The third-order valence-corrected chi connectivity index (χ3v) is 3.85. The van der Waals surface area contributed by atoms with E-state index in [1.165, 1.54) is 6.20 Å². The van der Waals surface area contributed by atoms with Crippen molar-refractivity contribution >= 4 is 21.6 Å². The summed E-state index contributed by atoms with van der Waals surface area (Å²) in [6.07, 6.45) is 5.73. The zero-order chi connectivity index (χ0) is 13.1. The van der Waals surface area contributed by atoms with Crippen molar-refractivity contribution in [3.8, 4) is 0 Å². The van der Waals surface area contributed by atoms with E-state index in [0.717, 1.165) is 32.3 Å². The van der Waals surface area contributed by atoms with E-state index in [0.29, 0.717) is 10.7 Å². The third kappa shape index (κ3) is 2.89. The van der Waals surface area contributed by atoms with E-state index in [2.05, 4.69) is 21.0 Å². The van der Waals surface area contributed by atoms with Gasteiger partial charge in [-0.2, -0.15) is 5.10 Å². The molecule has 0 atom stereocenters. The fourth-order valence-corrected chi connectivity index (χ4v) is 2.81. The molecule has 7 heteroatoms. The largest absolute Gasteiger partial charge is 0.379 e. The molecule has 0 amide bonds. The number of nitro groups is 1. The molecule has 2 rings (SSSR count). The van der Waals surface area contributed by atoms with Crippen LogP contribution in [0.2, 0.25) is 0 Å². The average Bonchev–Trinajstić information content (AvgIpc) is 2.73. The number of hydrogen-bond donors (Lipinski definition) is 0.